The molecule has 1 aromatic heterocycles. The Kier molecular flexibility index (Phi) is 3.92. The lowest BCUT2D eigenvalue weighted by molar-refractivity contribution is 0.603. The van der Waals surface area contributed by atoms with E-state index in [1.54, 1.807) is 12.1 Å². The molecule has 2 aromatic carbocycles. The van der Waals surface area contributed by atoms with Gasteiger partial charge in [-0.3, -0.25) is 0 Å². The van der Waals surface area contributed by atoms with E-state index in [4.69, 9.17) is 0 Å². The summed E-state index contributed by atoms with van der Waals surface area (Å²) in [5.41, 5.74) is 2.90. The summed E-state index contributed by atoms with van der Waals surface area (Å²) >= 11 is 0. The van der Waals surface area contributed by atoms with Crippen molar-refractivity contribution >= 4 is 11.0 Å². The Hall–Kier alpha value is -2.27. The molecular weight excluding hydrogens is 267 g/mol. The number of para-hydroxylation sites is 1. The number of nitrogens with zero attached hydrogens (tertiary/aromatic N) is 3. The van der Waals surface area contributed by atoms with Gasteiger partial charge in [-0.2, -0.15) is 0 Å². The van der Waals surface area contributed by atoms with E-state index >= 15 is 0 Å². The van der Waals surface area contributed by atoms with Crippen LogP contribution in [-0.2, 0) is 6.54 Å². The summed E-state index contributed by atoms with van der Waals surface area (Å²) in [6.45, 7) is 3.70. The van der Waals surface area contributed by atoms with Gasteiger partial charge in [-0.15, -0.1) is 5.10 Å². The maximum absolute atomic E-state index is 14.3. The highest BCUT2D eigenvalue weighted by Gasteiger charge is 2.10. The molecule has 0 saturated heterocycles. The predicted octanol–water partition coefficient (Wildman–Crippen LogP) is 3.06. The van der Waals surface area contributed by atoms with Gasteiger partial charge in [0.1, 0.15) is 17.0 Å². The van der Waals surface area contributed by atoms with Crippen molar-refractivity contribution in [1.82, 2.24) is 20.3 Å². The molecule has 0 saturated carbocycles. The summed E-state index contributed by atoms with van der Waals surface area (Å²) in [4.78, 5) is 0. The summed E-state index contributed by atoms with van der Waals surface area (Å²) in [5.74, 6) is -0.290. The molecule has 21 heavy (non-hydrogen) atoms. The molecule has 0 radical (unpaired) electrons. The standard InChI is InChI=1S/C16H17FN4/c1-2-9-18-11-12-7-8-15(13(17)10-12)21-16-6-4-3-5-14(16)19-20-21/h3-8,10,18H,2,9,11H2,1H3. The van der Waals surface area contributed by atoms with Gasteiger partial charge in [0.15, 0.2) is 0 Å². The Morgan fingerprint density at radius 2 is 2.05 bits per heavy atom. The van der Waals surface area contributed by atoms with Crippen LogP contribution in [0.4, 0.5) is 4.39 Å². The third-order valence-corrected chi connectivity index (χ3v) is 3.35. The maximum atomic E-state index is 14.3. The third kappa shape index (κ3) is 2.78. The highest BCUT2D eigenvalue weighted by atomic mass is 19.1. The van der Waals surface area contributed by atoms with Crippen LogP contribution in [0.1, 0.15) is 18.9 Å². The molecule has 0 spiro atoms. The van der Waals surface area contributed by atoms with E-state index in [9.17, 15) is 4.39 Å². The van der Waals surface area contributed by atoms with Gasteiger partial charge in [-0.25, -0.2) is 9.07 Å². The van der Waals surface area contributed by atoms with Crippen molar-refractivity contribution < 1.29 is 4.39 Å². The minimum absolute atomic E-state index is 0.290. The minimum Gasteiger partial charge on any atom is -0.313 e. The van der Waals surface area contributed by atoms with E-state index in [1.165, 1.54) is 4.68 Å². The normalized spacial score (nSPS) is 11.1. The third-order valence-electron chi connectivity index (χ3n) is 3.35. The van der Waals surface area contributed by atoms with Crippen LogP contribution >= 0.6 is 0 Å². The number of hydrogen-bond donors (Lipinski definition) is 1. The van der Waals surface area contributed by atoms with E-state index in [0.29, 0.717) is 12.2 Å². The Morgan fingerprint density at radius 3 is 2.86 bits per heavy atom. The fourth-order valence-electron chi connectivity index (χ4n) is 2.29. The van der Waals surface area contributed by atoms with Crippen LogP contribution in [-0.4, -0.2) is 21.5 Å². The van der Waals surface area contributed by atoms with E-state index in [1.807, 2.05) is 30.3 Å². The number of rotatable bonds is 5. The zero-order valence-corrected chi connectivity index (χ0v) is 11.9. The van der Waals surface area contributed by atoms with Crippen molar-refractivity contribution in [1.29, 1.82) is 0 Å². The first-order valence-electron chi connectivity index (χ1n) is 7.09. The van der Waals surface area contributed by atoms with Crippen LogP contribution < -0.4 is 5.32 Å². The summed E-state index contributed by atoms with van der Waals surface area (Å²) < 4.78 is 15.9. The monoisotopic (exact) mass is 284 g/mol. The molecule has 4 nitrogen and oxygen atoms in total. The van der Waals surface area contributed by atoms with Gasteiger partial charge in [0.25, 0.3) is 0 Å². The van der Waals surface area contributed by atoms with Gasteiger partial charge in [0.2, 0.25) is 0 Å². The van der Waals surface area contributed by atoms with Gasteiger partial charge in [-0.05, 0) is 42.8 Å². The van der Waals surface area contributed by atoms with Crippen LogP contribution in [0.25, 0.3) is 16.7 Å². The first-order valence-corrected chi connectivity index (χ1v) is 7.09. The van der Waals surface area contributed by atoms with Crippen LogP contribution in [0.15, 0.2) is 42.5 Å². The molecule has 0 atom stereocenters. The molecule has 3 aromatic rings. The average molecular weight is 284 g/mol. The van der Waals surface area contributed by atoms with Crippen LogP contribution in [0.2, 0.25) is 0 Å². The van der Waals surface area contributed by atoms with Gasteiger partial charge in [0.05, 0.1) is 5.52 Å². The van der Waals surface area contributed by atoms with Crippen molar-refractivity contribution in [2.75, 3.05) is 6.54 Å². The van der Waals surface area contributed by atoms with Crippen molar-refractivity contribution in [3.05, 3.63) is 53.8 Å². The minimum atomic E-state index is -0.290. The summed E-state index contributed by atoms with van der Waals surface area (Å²) in [6.07, 6.45) is 1.06. The zero-order chi connectivity index (χ0) is 14.7. The molecule has 0 fully saturated rings. The molecule has 0 bridgehead atoms. The Labute approximate surface area is 122 Å². The van der Waals surface area contributed by atoms with Crippen molar-refractivity contribution in [2.45, 2.75) is 19.9 Å². The molecule has 0 aliphatic heterocycles. The van der Waals surface area contributed by atoms with E-state index in [-0.39, 0.29) is 5.82 Å². The van der Waals surface area contributed by atoms with E-state index < -0.39 is 0 Å². The number of halogens is 1. The van der Waals surface area contributed by atoms with Gasteiger partial charge in [0, 0.05) is 6.54 Å². The van der Waals surface area contributed by atoms with Crippen molar-refractivity contribution in [3.63, 3.8) is 0 Å². The molecule has 0 unspecified atom stereocenters. The van der Waals surface area contributed by atoms with Crippen LogP contribution in [0.5, 0.6) is 0 Å². The van der Waals surface area contributed by atoms with Gasteiger partial charge in [-0.1, -0.05) is 30.3 Å². The predicted molar refractivity (Wildman–Crippen MR) is 80.8 cm³/mol. The van der Waals surface area contributed by atoms with Crippen LogP contribution in [0.3, 0.4) is 0 Å². The van der Waals surface area contributed by atoms with Crippen molar-refractivity contribution in [3.8, 4) is 5.69 Å². The lowest BCUT2D eigenvalue weighted by Crippen LogP contribution is -2.14. The zero-order valence-electron chi connectivity index (χ0n) is 11.9. The SMILES string of the molecule is CCCNCc1ccc(-n2nnc3ccccc32)c(F)c1. The molecule has 0 aliphatic rings. The Morgan fingerprint density at radius 1 is 1.19 bits per heavy atom. The number of aromatic nitrogens is 3. The second-order valence-electron chi connectivity index (χ2n) is 4.95. The topological polar surface area (TPSA) is 42.7 Å². The number of benzene rings is 2. The highest BCUT2D eigenvalue weighted by molar-refractivity contribution is 5.75. The largest absolute Gasteiger partial charge is 0.313 e. The second-order valence-corrected chi connectivity index (χ2v) is 4.95. The quantitative estimate of drug-likeness (QED) is 0.732. The van der Waals surface area contributed by atoms with Crippen molar-refractivity contribution in [2.24, 2.45) is 0 Å². The molecule has 1 N–H and O–H groups in total. The molecular formula is C16H17FN4. The molecule has 108 valence electrons. The molecule has 1 heterocycles. The molecule has 0 amide bonds. The summed E-state index contributed by atoms with van der Waals surface area (Å²) in [7, 11) is 0. The molecule has 5 heteroatoms. The van der Waals surface area contributed by atoms with E-state index in [0.717, 1.165) is 29.6 Å². The van der Waals surface area contributed by atoms with E-state index in [2.05, 4.69) is 22.6 Å². The maximum Gasteiger partial charge on any atom is 0.149 e. The van der Waals surface area contributed by atoms with Crippen LogP contribution in [0, 0.1) is 5.82 Å². The molecule has 3 rings (SSSR count). The summed E-state index contributed by atoms with van der Waals surface area (Å²) in [6, 6.07) is 12.7. The number of nitrogens with one attached hydrogen (secondary N) is 1. The smallest absolute Gasteiger partial charge is 0.149 e. The number of hydrogen-bond acceptors (Lipinski definition) is 3. The Balaban J connectivity index is 1.92. The Bertz CT molecular complexity index is 751. The fourth-order valence-corrected chi connectivity index (χ4v) is 2.29. The van der Waals surface area contributed by atoms with Gasteiger partial charge < -0.3 is 5.32 Å². The number of fused-ring (bicyclic) bond motifs is 1. The molecule has 0 aliphatic carbocycles. The fraction of sp³-hybridized carbons (Fsp3) is 0.250. The summed E-state index contributed by atoms with van der Waals surface area (Å²) in [5, 5.41) is 11.4. The highest BCUT2D eigenvalue weighted by Crippen LogP contribution is 2.19. The lowest BCUT2D eigenvalue weighted by Gasteiger charge is -2.07. The van der Waals surface area contributed by atoms with Gasteiger partial charge >= 0.3 is 0 Å². The first-order chi connectivity index (χ1) is 10.3. The average Bonchev–Trinajstić information content (AvgIpc) is 2.92. The lowest BCUT2D eigenvalue weighted by atomic mass is 10.2. The second kappa shape index (κ2) is 6.01. The first kappa shape index (κ1) is 13.7.